The number of nitrogens with zero attached hydrogens (tertiary/aromatic N) is 1. The van der Waals surface area contributed by atoms with Gasteiger partial charge in [0.1, 0.15) is 10.8 Å². The van der Waals surface area contributed by atoms with Crippen molar-refractivity contribution in [1.29, 1.82) is 0 Å². The molecule has 19 heavy (non-hydrogen) atoms. The van der Waals surface area contributed by atoms with Gasteiger partial charge in [0.25, 0.3) is 5.91 Å². The van der Waals surface area contributed by atoms with Gasteiger partial charge in [-0.15, -0.1) is 0 Å². The molecule has 0 aliphatic heterocycles. The van der Waals surface area contributed by atoms with Crippen molar-refractivity contribution in [1.82, 2.24) is 10.3 Å². The molecule has 0 spiro atoms. The molecule has 0 aromatic carbocycles. The van der Waals surface area contributed by atoms with Crippen LogP contribution in [0.3, 0.4) is 0 Å². The Hall–Kier alpha value is -1.33. The third-order valence-corrected chi connectivity index (χ3v) is 3.06. The maximum Gasteiger partial charge on any atom is 0.305 e. The highest BCUT2D eigenvalue weighted by molar-refractivity contribution is 6.34. The quantitative estimate of drug-likeness (QED) is 0.820. The Labute approximate surface area is 120 Å². The fourth-order valence-electron chi connectivity index (χ4n) is 1.46. The summed E-state index contributed by atoms with van der Waals surface area (Å²) < 4.78 is 0. The van der Waals surface area contributed by atoms with Crippen molar-refractivity contribution in [2.45, 2.75) is 26.3 Å². The normalized spacial score (nSPS) is 12.3. The molecule has 5 nitrogen and oxygen atoms in total. The topological polar surface area (TPSA) is 79.3 Å². The number of carboxylic acid groups (broad SMARTS) is 1. The average Bonchev–Trinajstić information content (AvgIpc) is 2.30. The summed E-state index contributed by atoms with van der Waals surface area (Å²) in [6, 6.07) is 2.44. The molecule has 7 heteroatoms. The van der Waals surface area contributed by atoms with E-state index >= 15 is 0 Å². The van der Waals surface area contributed by atoms with Gasteiger partial charge in [-0.05, 0) is 18.1 Å². The zero-order valence-corrected chi connectivity index (χ0v) is 12.0. The van der Waals surface area contributed by atoms with Crippen LogP contribution < -0.4 is 5.32 Å². The van der Waals surface area contributed by atoms with Crippen LogP contribution in [0.25, 0.3) is 0 Å². The maximum atomic E-state index is 12.0. The number of nitrogens with one attached hydrogen (secondary N) is 1. The minimum atomic E-state index is -0.982. The molecule has 1 aromatic heterocycles. The standard InChI is InChI=1S/C12H14Cl2N2O3/c1-6(2)8(5-10(17)18)15-12(19)11-7(13)3-4-9(14)16-11/h3-4,6,8H,5H2,1-2H3,(H,15,19)(H,17,18). The zero-order chi connectivity index (χ0) is 14.6. The average molecular weight is 305 g/mol. The Morgan fingerprint density at radius 3 is 2.53 bits per heavy atom. The molecule has 2 N–H and O–H groups in total. The molecule has 0 aliphatic carbocycles. The van der Waals surface area contributed by atoms with Gasteiger partial charge >= 0.3 is 5.97 Å². The number of hydrogen-bond acceptors (Lipinski definition) is 3. The maximum absolute atomic E-state index is 12.0. The number of halogens is 2. The van der Waals surface area contributed by atoms with Gasteiger partial charge in [0.2, 0.25) is 0 Å². The molecule has 1 aromatic rings. The SMILES string of the molecule is CC(C)C(CC(=O)O)NC(=O)c1nc(Cl)ccc1Cl. The minimum Gasteiger partial charge on any atom is -0.481 e. The van der Waals surface area contributed by atoms with Gasteiger partial charge in [-0.25, -0.2) is 4.98 Å². The predicted molar refractivity (Wildman–Crippen MR) is 72.6 cm³/mol. The van der Waals surface area contributed by atoms with Gasteiger partial charge in [-0.2, -0.15) is 0 Å². The van der Waals surface area contributed by atoms with E-state index in [2.05, 4.69) is 10.3 Å². The van der Waals surface area contributed by atoms with Gasteiger partial charge in [0, 0.05) is 6.04 Å². The minimum absolute atomic E-state index is 0.00907. The molecule has 1 atom stereocenters. The molecule has 104 valence electrons. The number of hydrogen-bond donors (Lipinski definition) is 2. The van der Waals surface area contributed by atoms with Crippen molar-refractivity contribution in [2.24, 2.45) is 5.92 Å². The van der Waals surface area contributed by atoms with Crippen molar-refractivity contribution >= 4 is 35.1 Å². The number of amides is 1. The lowest BCUT2D eigenvalue weighted by Crippen LogP contribution is -2.40. The Balaban J connectivity index is 2.87. The monoisotopic (exact) mass is 304 g/mol. The number of pyridine rings is 1. The second-order valence-corrected chi connectivity index (χ2v) is 5.18. The van der Waals surface area contributed by atoms with Crippen LogP contribution in [-0.4, -0.2) is 28.0 Å². The summed E-state index contributed by atoms with van der Waals surface area (Å²) in [6.45, 7) is 3.64. The first-order chi connectivity index (χ1) is 8.81. The first kappa shape index (κ1) is 15.7. The van der Waals surface area contributed by atoms with Gasteiger partial charge in [-0.3, -0.25) is 9.59 Å². The summed E-state index contributed by atoms with van der Waals surface area (Å²) in [7, 11) is 0. The zero-order valence-electron chi connectivity index (χ0n) is 10.5. The fourth-order valence-corrected chi connectivity index (χ4v) is 1.79. The number of aromatic nitrogens is 1. The molecule has 0 aliphatic rings. The Morgan fingerprint density at radius 1 is 1.37 bits per heavy atom. The van der Waals surface area contributed by atoms with Gasteiger partial charge < -0.3 is 10.4 Å². The lowest BCUT2D eigenvalue weighted by atomic mass is 10.0. The molecule has 1 unspecified atom stereocenters. The summed E-state index contributed by atoms with van der Waals surface area (Å²) >= 11 is 11.6. The lowest BCUT2D eigenvalue weighted by Gasteiger charge is -2.20. The van der Waals surface area contributed by atoms with E-state index in [9.17, 15) is 9.59 Å². The highest BCUT2D eigenvalue weighted by Crippen LogP contribution is 2.17. The summed E-state index contributed by atoms with van der Waals surface area (Å²) in [4.78, 5) is 26.6. The number of carboxylic acids is 1. The van der Waals surface area contributed by atoms with Crippen LogP contribution in [-0.2, 0) is 4.79 Å². The first-order valence-electron chi connectivity index (χ1n) is 5.66. The number of carbonyl (C=O) groups excluding carboxylic acids is 1. The molecule has 1 amide bonds. The second-order valence-electron chi connectivity index (χ2n) is 4.39. The van der Waals surface area contributed by atoms with Gasteiger partial charge in [0.05, 0.1) is 11.4 Å². The molecule has 1 rings (SSSR count). The predicted octanol–water partition coefficient (Wildman–Crippen LogP) is 2.62. The Kier molecular flexibility index (Phi) is 5.57. The van der Waals surface area contributed by atoms with Crippen molar-refractivity contribution in [2.75, 3.05) is 0 Å². The summed E-state index contributed by atoms with van der Waals surface area (Å²) in [5, 5.41) is 11.7. The van der Waals surface area contributed by atoms with E-state index < -0.39 is 17.9 Å². The first-order valence-corrected chi connectivity index (χ1v) is 6.41. The van der Waals surface area contributed by atoms with E-state index in [-0.39, 0.29) is 28.2 Å². The summed E-state index contributed by atoms with van der Waals surface area (Å²) in [6.07, 6.45) is -0.165. The number of rotatable bonds is 5. The molecular formula is C12H14Cl2N2O3. The smallest absolute Gasteiger partial charge is 0.305 e. The van der Waals surface area contributed by atoms with E-state index in [4.69, 9.17) is 28.3 Å². The van der Waals surface area contributed by atoms with Crippen LogP contribution in [0.4, 0.5) is 0 Å². The lowest BCUT2D eigenvalue weighted by molar-refractivity contribution is -0.137. The van der Waals surface area contributed by atoms with Crippen molar-refractivity contribution in [3.63, 3.8) is 0 Å². The molecule has 0 saturated heterocycles. The van der Waals surface area contributed by atoms with Gasteiger partial charge in [0.15, 0.2) is 0 Å². The van der Waals surface area contributed by atoms with Crippen LogP contribution in [0.2, 0.25) is 10.2 Å². The molecular weight excluding hydrogens is 291 g/mol. The van der Waals surface area contributed by atoms with Crippen LogP contribution >= 0.6 is 23.2 Å². The Morgan fingerprint density at radius 2 is 2.00 bits per heavy atom. The second kappa shape index (κ2) is 6.73. The van der Waals surface area contributed by atoms with E-state index in [1.165, 1.54) is 12.1 Å². The molecule has 1 heterocycles. The van der Waals surface area contributed by atoms with Crippen LogP contribution in [0.1, 0.15) is 30.8 Å². The van der Waals surface area contributed by atoms with E-state index in [1.54, 1.807) is 0 Å². The molecule has 0 radical (unpaired) electrons. The van der Waals surface area contributed by atoms with E-state index in [0.29, 0.717) is 0 Å². The van der Waals surface area contributed by atoms with Crippen molar-refractivity contribution < 1.29 is 14.7 Å². The largest absolute Gasteiger partial charge is 0.481 e. The number of carbonyl (C=O) groups is 2. The Bertz CT molecular complexity index is 492. The third kappa shape index (κ3) is 4.69. The fraction of sp³-hybridized carbons (Fsp3) is 0.417. The van der Waals surface area contributed by atoms with Crippen LogP contribution in [0, 0.1) is 5.92 Å². The summed E-state index contributed by atoms with van der Waals surface area (Å²) in [5.74, 6) is -1.55. The highest BCUT2D eigenvalue weighted by atomic mass is 35.5. The van der Waals surface area contributed by atoms with Crippen molar-refractivity contribution in [3.8, 4) is 0 Å². The molecule has 0 saturated carbocycles. The number of aliphatic carboxylic acids is 1. The van der Waals surface area contributed by atoms with E-state index in [1.807, 2.05) is 13.8 Å². The summed E-state index contributed by atoms with van der Waals surface area (Å²) in [5.41, 5.74) is -0.00907. The highest BCUT2D eigenvalue weighted by Gasteiger charge is 2.22. The third-order valence-electron chi connectivity index (χ3n) is 2.54. The van der Waals surface area contributed by atoms with Crippen LogP contribution in [0.15, 0.2) is 12.1 Å². The van der Waals surface area contributed by atoms with Gasteiger partial charge in [-0.1, -0.05) is 37.0 Å². The van der Waals surface area contributed by atoms with Crippen molar-refractivity contribution in [3.05, 3.63) is 28.0 Å². The molecule has 0 fully saturated rings. The van der Waals surface area contributed by atoms with E-state index in [0.717, 1.165) is 0 Å². The van der Waals surface area contributed by atoms with Crippen LogP contribution in [0.5, 0.6) is 0 Å². The molecule has 0 bridgehead atoms.